The summed E-state index contributed by atoms with van der Waals surface area (Å²) >= 11 is 1.55. The molecule has 2 aliphatic heterocycles. The molecule has 4 rings (SSSR count). The number of carbonyl (C=O) groups is 1. The minimum Gasteiger partial charge on any atom is -0.489 e. The third-order valence-electron chi connectivity index (χ3n) is 6.06. The Morgan fingerprint density at radius 2 is 1.90 bits per heavy atom. The van der Waals surface area contributed by atoms with Gasteiger partial charge in [-0.1, -0.05) is 6.07 Å². The van der Waals surface area contributed by atoms with E-state index in [4.69, 9.17) is 14.2 Å². The molecule has 0 atom stereocenters. The minimum absolute atomic E-state index is 0.0847. The van der Waals surface area contributed by atoms with Crippen LogP contribution >= 0.6 is 11.8 Å². The van der Waals surface area contributed by atoms with Crippen LogP contribution in [0, 0.1) is 5.82 Å². The van der Waals surface area contributed by atoms with E-state index in [2.05, 4.69) is 0 Å². The fourth-order valence-corrected chi connectivity index (χ4v) is 5.52. The number of fused-ring (bicyclic) bond motifs is 1. The predicted molar refractivity (Wildman–Crippen MR) is 119 cm³/mol. The molecule has 0 unspecified atom stereocenters. The normalized spacial score (nSPS) is 19.8. The number of hydrogen-bond acceptors (Lipinski definition) is 5. The molecule has 1 fully saturated rings. The highest BCUT2D eigenvalue weighted by Crippen LogP contribution is 2.45. The number of amides is 1. The fourth-order valence-electron chi connectivity index (χ4n) is 4.23. The van der Waals surface area contributed by atoms with Gasteiger partial charge >= 0.3 is 0 Å². The van der Waals surface area contributed by atoms with E-state index in [-0.39, 0.29) is 11.7 Å². The molecular weight excluding hydrogens is 417 g/mol. The van der Waals surface area contributed by atoms with Gasteiger partial charge in [0.1, 0.15) is 18.2 Å². The maximum absolute atomic E-state index is 14.4. The van der Waals surface area contributed by atoms with Gasteiger partial charge in [0.05, 0.1) is 16.0 Å². The summed E-state index contributed by atoms with van der Waals surface area (Å²) in [7, 11) is 3.46. The number of benzene rings is 2. The van der Waals surface area contributed by atoms with E-state index in [1.54, 1.807) is 30.8 Å². The highest BCUT2D eigenvalue weighted by molar-refractivity contribution is 8.01. The summed E-state index contributed by atoms with van der Waals surface area (Å²) in [5.74, 6) is 0.204. The topological polar surface area (TPSA) is 48.0 Å². The zero-order valence-corrected chi connectivity index (χ0v) is 19.2. The molecule has 0 radical (unpaired) electrons. The lowest BCUT2D eigenvalue weighted by Crippen LogP contribution is -2.44. The highest BCUT2D eigenvalue weighted by atomic mass is 32.2. The Bertz CT molecular complexity index is 988. The van der Waals surface area contributed by atoms with Crippen LogP contribution in [0.15, 0.2) is 41.3 Å². The van der Waals surface area contributed by atoms with Crippen molar-refractivity contribution >= 4 is 23.4 Å². The van der Waals surface area contributed by atoms with Crippen molar-refractivity contribution in [2.45, 2.75) is 48.5 Å². The molecule has 0 saturated carbocycles. The zero-order chi connectivity index (χ0) is 22.2. The fraction of sp³-hybridized carbons (Fsp3) is 0.458. The first-order chi connectivity index (χ1) is 14.7. The summed E-state index contributed by atoms with van der Waals surface area (Å²) in [5, 5.41) is 0. The Kier molecular flexibility index (Phi) is 6.03. The minimum atomic E-state index is -0.552. The maximum atomic E-state index is 14.4. The monoisotopic (exact) mass is 445 g/mol. The molecule has 0 N–H and O–H groups in total. The molecule has 0 aliphatic carbocycles. The summed E-state index contributed by atoms with van der Waals surface area (Å²) in [6, 6.07) is 10.7. The van der Waals surface area contributed by atoms with Crippen LogP contribution in [0.25, 0.3) is 0 Å². The number of hydrogen-bond donors (Lipinski definition) is 0. The molecule has 2 aromatic carbocycles. The molecule has 5 nitrogen and oxygen atoms in total. The van der Waals surface area contributed by atoms with Gasteiger partial charge in [0.2, 0.25) is 5.91 Å². The first-order valence-electron chi connectivity index (χ1n) is 10.4. The lowest BCUT2D eigenvalue weighted by Gasteiger charge is -2.36. The Balaban J connectivity index is 1.54. The summed E-state index contributed by atoms with van der Waals surface area (Å²) in [4.78, 5) is 15.2. The second-order valence-corrected chi connectivity index (χ2v) is 10.2. The standard InChI is InChI=1S/C24H28FNO4S/c1-23(2)22(27)26(3)20-6-5-16(11-21(20)31-23)15-30-19-13-17(12-18(25)14-19)24(28-4)7-9-29-10-8-24/h5-6,11-14H,7-10,15H2,1-4H3. The number of halogens is 1. The van der Waals surface area contributed by atoms with Gasteiger partial charge < -0.3 is 19.1 Å². The van der Waals surface area contributed by atoms with Crippen molar-refractivity contribution in [3.05, 3.63) is 53.3 Å². The van der Waals surface area contributed by atoms with Gasteiger partial charge in [-0.2, -0.15) is 0 Å². The van der Waals surface area contributed by atoms with E-state index in [0.29, 0.717) is 38.4 Å². The molecule has 0 spiro atoms. The lowest BCUT2D eigenvalue weighted by atomic mass is 9.86. The van der Waals surface area contributed by atoms with Crippen LogP contribution in [-0.4, -0.2) is 38.0 Å². The number of carbonyl (C=O) groups excluding carboxylic acids is 1. The van der Waals surface area contributed by atoms with Crippen molar-refractivity contribution in [2.75, 3.05) is 32.3 Å². The third kappa shape index (κ3) is 4.31. The van der Waals surface area contributed by atoms with Crippen LogP contribution in [0.5, 0.6) is 5.75 Å². The van der Waals surface area contributed by atoms with Crippen molar-refractivity contribution in [1.29, 1.82) is 0 Å². The highest BCUT2D eigenvalue weighted by Gasteiger charge is 2.38. The Morgan fingerprint density at radius 3 is 2.61 bits per heavy atom. The Hall–Kier alpha value is -2.09. The van der Waals surface area contributed by atoms with E-state index in [0.717, 1.165) is 21.7 Å². The first kappa shape index (κ1) is 22.1. The summed E-state index contributed by atoms with van der Waals surface area (Å²) in [5.41, 5.74) is 2.08. The number of nitrogens with zero attached hydrogens (tertiary/aromatic N) is 1. The van der Waals surface area contributed by atoms with Crippen molar-refractivity contribution in [1.82, 2.24) is 0 Å². The van der Waals surface area contributed by atoms with Crippen molar-refractivity contribution in [2.24, 2.45) is 0 Å². The van der Waals surface area contributed by atoms with E-state index in [1.807, 2.05) is 38.1 Å². The van der Waals surface area contributed by atoms with Gasteiger partial charge in [-0.15, -0.1) is 11.8 Å². The number of thioether (sulfide) groups is 1. The number of ether oxygens (including phenoxy) is 3. The van der Waals surface area contributed by atoms with Crippen LogP contribution in [-0.2, 0) is 26.5 Å². The van der Waals surface area contributed by atoms with Crippen LogP contribution < -0.4 is 9.64 Å². The van der Waals surface area contributed by atoms with Gasteiger partial charge in [-0.25, -0.2) is 4.39 Å². The maximum Gasteiger partial charge on any atom is 0.242 e. The Morgan fingerprint density at radius 1 is 1.16 bits per heavy atom. The average Bonchev–Trinajstić information content (AvgIpc) is 2.76. The molecule has 0 aromatic heterocycles. The average molecular weight is 446 g/mol. The molecular formula is C24H28FNO4S. The van der Waals surface area contributed by atoms with Gasteiger partial charge in [-0.3, -0.25) is 4.79 Å². The van der Waals surface area contributed by atoms with Gasteiger partial charge in [0.15, 0.2) is 0 Å². The van der Waals surface area contributed by atoms with E-state index in [1.165, 1.54) is 12.1 Å². The second-order valence-electron chi connectivity index (χ2n) is 8.55. The summed E-state index contributed by atoms with van der Waals surface area (Å²) in [6.07, 6.45) is 1.35. The predicted octanol–water partition coefficient (Wildman–Crippen LogP) is 4.90. The van der Waals surface area contributed by atoms with Crippen LogP contribution in [0.4, 0.5) is 10.1 Å². The van der Waals surface area contributed by atoms with E-state index < -0.39 is 10.3 Å². The first-order valence-corrected chi connectivity index (χ1v) is 11.2. The Labute approximate surface area is 186 Å². The molecule has 31 heavy (non-hydrogen) atoms. The van der Waals surface area contributed by atoms with Crippen LogP contribution in [0.3, 0.4) is 0 Å². The molecule has 2 aromatic rings. The van der Waals surface area contributed by atoms with E-state index in [9.17, 15) is 9.18 Å². The van der Waals surface area contributed by atoms with Gasteiger partial charge in [0, 0.05) is 51.2 Å². The molecule has 2 heterocycles. The summed E-state index contributed by atoms with van der Waals surface area (Å²) < 4.78 is 31.1. The molecule has 1 saturated heterocycles. The van der Waals surface area contributed by atoms with Crippen LogP contribution in [0.1, 0.15) is 37.8 Å². The lowest BCUT2D eigenvalue weighted by molar-refractivity contribution is -0.120. The molecule has 2 aliphatic rings. The van der Waals surface area contributed by atoms with Crippen molar-refractivity contribution in [3.63, 3.8) is 0 Å². The zero-order valence-electron chi connectivity index (χ0n) is 18.4. The molecule has 0 bridgehead atoms. The second kappa shape index (κ2) is 8.45. The van der Waals surface area contributed by atoms with Crippen molar-refractivity contribution < 1.29 is 23.4 Å². The van der Waals surface area contributed by atoms with E-state index >= 15 is 0 Å². The smallest absolute Gasteiger partial charge is 0.242 e. The molecule has 7 heteroatoms. The van der Waals surface area contributed by atoms with Gasteiger partial charge in [-0.05, 0) is 49.2 Å². The van der Waals surface area contributed by atoms with Crippen LogP contribution in [0.2, 0.25) is 0 Å². The molecule has 1 amide bonds. The van der Waals surface area contributed by atoms with Gasteiger partial charge in [0.25, 0.3) is 0 Å². The quantitative estimate of drug-likeness (QED) is 0.655. The number of methoxy groups -OCH3 is 1. The third-order valence-corrected chi connectivity index (χ3v) is 7.30. The SMILES string of the molecule is COC1(c2cc(F)cc(OCc3ccc4c(c3)SC(C)(C)C(=O)N4C)c2)CCOCC1. The van der Waals surface area contributed by atoms with Crippen molar-refractivity contribution in [3.8, 4) is 5.75 Å². The largest absolute Gasteiger partial charge is 0.489 e. The number of rotatable bonds is 5. The summed E-state index contributed by atoms with van der Waals surface area (Å²) in [6.45, 7) is 5.33. The molecule has 166 valence electrons. The number of anilines is 1.